The smallest absolute Gasteiger partial charge is 0.216 e. The van der Waals surface area contributed by atoms with E-state index in [1.54, 1.807) is 0 Å². The molecule has 5 heteroatoms. The second kappa shape index (κ2) is 5.88. The van der Waals surface area contributed by atoms with E-state index < -0.39 is 9.83 Å². The average Bonchev–Trinajstić information content (AvgIpc) is 2.47. The van der Waals surface area contributed by atoms with Gasteiger partial charge in [-0.15, -0.1) is 0 Å². The van der Waals surface area contributed by atoms with E-state index in [2.05, 4.69) is 5.10 Å². The third-order valence-corrected chi connectivity index (χ3v) is 4.05. The lowest BCUT2D eigenvalue weighted by Crippen LogP contribution is -2.36. The number of fused-ring (bicyclic) bond motifs is 1. The Morgan fingerprint density at radius 2 is 1.62 bits per heavy atom. The zero-order chi connectivity index (χ0) is 14.9. The summed E-state index contributed by atoms with van der Waals surface area (Å²) < 4.78 is -1.46. The third-order valence-electron chi connectivity index (χ3n) is 3.43. The first-order chi connectivity index (χ1) is 10.1. The van der Waals surface area contributed by atoms with Gasteiger partial charge in [-0.3, -0.25) is 5.01 Å². The Kier molecular flexibility index (Phi) is 4.12. The molecule has 0 aromatic heterocycles. The van der Waals surface area contributed by atoms with Crippen LogP contribution in [0.3, 0.4) is 0 Å². The zero-order valence-electron chi connectivity index (χ0n) is 11.1. The molecule has 0 saturated carbocycles. The van der Waals surface area contributed by atoms with Crippen molar-refractivity contribution in [2.24, 2.45) is 5.10 Å². The van der Waals surface area contributed by atoms with Gasteiger partial charge in [0.25, 0.3) is 0 Å². The summed E-state index contributed by atoms with van der Waals surface area (Å²) in [5.41, 5.74) is 3.08. The molecule has 0 bridgehead atoms. The lowest BCUT2D eigenvalue weighted by molar-refractivity contribution is 0.195. The van der Waals surface area contributed by atoms with Crippen molar-refractivity contribution >= 4 is 41.0 Å². The SMILES string of the molecule is ClC(Cl)(Cl)C1c2ccccc2C=NN1Cc1ccccc1. The van der Waals surface area contributed by atoms with Crippen LogP contribution in [0, 0.1) is 0 Å². The first-order valence-corrected chi connectivity index (χ1v) is 7.69. The van der Waals surface area contributed by atoms with Gasteiger partial charge in [-0.2, -0.15) is 5.10 Å². The zero-order valence-corrected chi connectivity index (χ0v) is 13.4. The summed E-state index contributed by atoms with van der Waals surface area (Å²) in [6.07, 6.45) is 1.81. The summed E-state index contributed by atoms with van der Waals surface area (Å²) in [6, 6.07) is 17.5. The number of nitrogens with zero attached hydrogens (tertiary/aromatic N) is 2. The second-order valence-electron chi connectivity index (χ2n) is 4.90. The van der Waals surface area contributed by atoms with E-state index in [4.69, 9.17) is 34.8 Å². The predicted molar refractivity (Wildman–Crippen MR) is 89.1 cm³/mol. The summed E-state index contributed by atoms with van der Waals surface area (Å²) in [5.74, 6) is 0. The summed E-state index contributed by atoms with van der Waals surface area (Å²) in [6.45, 7) is 0.588. The number of hydrogen-bond acceptors (Lipinski definition) is 2. The van der Waals surface area contributed by atoms with Gasteiger partial charge in [-0.05, 0) is 16.7 Å². The Morgan fingerprint density at radius 3 is 2.33 bits per heavy atom. The van der Waals surface area contributed by atoms with Crippen LogP contribution in [0.1, 0.15) is 22.7 Å². The van der Waals surface area contributed by atoms with Crippen LogP contribution in [0.15, 0.2) is 59.7 Å². The van der Waals surface area contributed by atoms with E-state index in [0.29, 0.717) is 6.54 Å². The Bertz CT molecular complexity index is 650. The lowest BCUT2D eigenvalue weighted by Gasteiger charge is -2.37. The van der Waals surface area contributed by atoms with Crippen LogP contribution in [0.2, 0.25) is 0 Å². The standard InChI is InChI=1S/C16H13Cl3N2/c17-16(18,19)15-14-9-5-4-8-13(14)10-20-21(15)11-12-6-2-1-3-7-12/h1-10,15H,11H2. The minimum absolute atomic E-state index is 0.413. The third kappa shape index (κ3) is 3.18. The van der Waals surface area contributed by atoms with Crippen LogP contribution in [-0.4, -0.2) is 15.0 Å². The molecule has 0 aliphatic carbocycles. The molecule has 1 atom stereocenters. The van der Waals surface area contributed by atoms with Crippen LogP contribution in [0.25, 0.3) is 0 Å². The average molecular weight is 340 g/mol. The molecular weight excluding hydrogens is 327 g/mol. The molecule has 1 unspecified atom stereocenters. The Morgan fingerprint density at radius 1 is 0.952 bits per heavy atom. The van der Waals surface area contributed by atoms with Gasteiger partial charge in [-0.25, -0.2) is 0 Å². The number of hydrazone groups is 1. The fourth-order valence-corrected chi connectivity index (χ4v) is 3.18. The second-order valence-corrected chi connectivity index (χ2v) is 7.27. The summed E-state index contributed by atoms with van der Waals surface area (Å²) >= 11 is 18.6. The molecule has 3 rings (SSSR count). The molecule has 1 aliphatic rings. The molecule has 21 heavy (non-hydrogen) atoms. The van der Waals surface area contributed by atoms with Crippen LogP contribution in [0.5, 0.6) is 0 Å². The monoisotopic (exact) mass is 338 g/mol. The molecular formula is C16H13Cl3N2. The fourth-order valence-electron chi connectivity index (χ4n) is 2.49. The molecule has 0 radical (unpaired) electrons. The van der Waals surface area contributed by atoms with Gasteiger partial charge >= 0.3 is 0 Å². The molecule has 1 aliphatic heterocycles. The number of hydrogen-bond donors (Lipinski definition) is 0. The van der Waals surface area contributed by atoms with Crippen molar-refractivity contribution in [3.05, 3.63) is 71.3 Å². The van der Waals surface area contributed by atoms with Crippen molar-refractivity contribution in [3.63, 3.8) is 0 Å². The van der Waals surface area contributed by atoms with Gasteiger partial charge in [0.1, 0.15) is 6.04 Å². The van der Waals surface area contributed by atoms with E-state index in [1.165, 1.54) is 0 Å². The van der Waals surface area contributed by atoms with Gasteiger partial charge in [-0.1, -0.05) is 89.4 Å². The molecule has 0 saturated heterocycles. The van der Waals surface area contributed by atoms with Gasteiger partial charge in [0, 0.05) is 0 Å². The Hall–Kier alpha value is -1.22. The molecule has 1 heterocycles. The highest BCUT2D eigenvalue weighted by Gasteiger charge is 2.40. The maximum Gasteiger partial charge on any atom is 0.216 e. The molecule has 0 N–H and O–H groups in total. The van der Waals surface area contributed by atoms with Crippen molar-refractivity contribution in [1.82, 2.24) is 5.01 Å². The molecule has 2 aromatic rings. The van der Waals surface area contributed by atoms with Crippen molar-refractivity contribution in [1.29, 1.82) is 0 Å². The van der Waals surface area contributed by atoms with Gasteiger partial charge in [0.05, 0.1) is 12.8 Å². The highest BCUT2D eigenvalue weighted by Crippen LogP contribution is 2.46. The molecule has 2 aromatic carbocycles. The quantitative estimate of drug-likeness (QED) is 0.707. The summed E-state index contributed by atoms with van der Waals surface area (Å²) in [7, 11) is 0. The van der Waals surface area contributed by atoms with E-state index in [-0.39, 0.29) is 0 Å². The van der Waals surface area contributed by atoms with Crippen LogP contribution in [-0.2, 0) is 6.54 Å². The number of rotatable bonds is 2. The predicted octanol–water partition coefficient (Wildman–Crippen LogP) is 4.95. The molecule has 2 nitrogen and oxygen atoms in total. The minimum atomic E-state index is -1.46. The van der Waals surface area contributed by atoms with Gasteiger partial charge in [0.2, 0.25) is 3.79 Å². The summed E-state index contributed by atoms with van der Waals surface area (Å²) in [4.78, 5) is 0. The van der Waals surface area contributed by atoms with E-state index >= 15 is 0 Å². The lowest BCUT2D eigenvalue weighted by atomic mass is 9.99. The fraction of sp³-hybridized carbons (Fsp3) is 0.188. The molecule has 108 valence electrons. The van der Waals surface area contributed by atoms with Gasteiger partial charge in [0.15, 0.2) is 0 Å². The molecule has 0 amide bonds. The highest BCUT2D eigenvalue weighted by molar-refractivity contribution is 6.68. The molecule has 0 spiro atoms. The van der Waals surface area contributed by atoms with E-state index in [9.17, 15) is 0 Å². The largest absolute Gasteiger partial charge is 0.281 e. The van der Waals surface area contributed by atoms with E-state index in [0.717, 1.165) is 16.7 Å². The Labute approximate surface area is 138 Å². The minimum Gasteiger partial charge on any atom is -0.281 e. The summed E-state index contributed by atoms with van der Waals surface area (Å²) in [5, 5.41) is 6.29. The Balaban J connectivity index is 1.97. The van der Waals surface area contributed by atoms with Crippen LogP contribution >= 0.6 is 34.8 Å². The highest BCUT2D eigenvalue weighted by atomic mass is 35.6. The van der Waals surface area contributed by atoms with Crippen LogP contribution < -0.4 is 0 Å². The maximum atomic E-state index is 6.22. The van der Waals surface area contributed by atoms with E-state index in [1.807, 2.05) is 65.8 Å². The number of benzene rings is 2. The van der Waals surface area contributed by atoms with Gasteiger partial charge < -0.3 is 0 Å². The normalized spacial score (nSPS) is 17.7. The van der Waals surface area contributed by atoms with Crippen LogP contribution in [0.4, 0.5) is 0 Å². The van der Waals surface area contributed by atoms with Crippen molar-refractivity contribution in [3.8, 4) is 0 Å². The van der Waals surface area contributed by atoms with Crippen molar-refractivity contribution in [2.45, 2.75) is 16.4 Å². The number of alkyl halides is 3. The first kappa shape index (κ1) is 14.7. The van der Waals surface area contributed by atoms with Crippen molar-refractivity contribution < 1.29 is 0 Å². The first-order valence-electron chi connectivity index (χ1n) is 6.56. The topological polar surface area (TPSA) is 15.6 Å². The maximum absolute atomic E-state index is 6.22. The molecule has 0 fully saturated rings. The number of halogens is 3. The van der Waals surface area contributed by atoms with Crippen molar-refractivity contribution in [2.75, 3.05) is 0 Å².